The van der Waals surface area contributed by atoms with E-state index in [1.54, 1.807) is 18.2 Å². The fourth-order valence-corrected chi connectivity index (χ4v) is 3.91. The zero-order chi connectivity index (χ0) is 18.6. The van der Waals surface area contributed by atoms with Gasteiger partial charge in [0, 0.05) is 23.6 Å². The number of carbonyl (C=O) groups excluding carboxylic acids is 1. The van der Waals surface area contributed by atoms with Crippen molar-refractivity contribution in [2.24, 2.45) is 5.92 Å². The van der Waals surface area contributed by atoms with E-state index in [9.17, 15) is 10.1 Å². The second-order valence-corrected chi connectivity index (χ2v) is 7.23. The molecule has 2 unspecified atom stereocenters. The first-order valence-electron chi connectivity index (χ1n) is 9.32. The lowest BCUT2D eigenvalue weighted by Crippen LogP contribution is -2.55. The van der Waals surface area contributed by atoms with Gasteiger partial charge in [0.25, 0.3) is 0 Å². The zero-order valence-corrected chi connectivity index (χ0v) is 15.1. The van der Waals surface area contributed by atoms with Crippen molar-refractivity contribution < 1.29 is 14.3 Å². The summed E-state index contributed by atoms with van der Waals surface area (Å²) in [5.74, 6) is 0.576. The number of ketones is 1. The van der Waals surface area contributed by atoms with E-state index in [0.717, 1.165) is 18.4 Å². The van der Waals surface area contributed by atoms with Crippen LogP contribution >= 0.6 is 0 Å². The number of benzene rings is 2. The third-order valence-electron chi connectivity index (χ3n) is 5.24. The van der Waals surface area contributed by atoms with Gasteiger partial charge in [0.1, 0.15) is 18.4 Å². The van der Waals surface area contributed by atoms with E-state index in [1.165, 1.54) is 0 Å². The van der Waals surface area contributed by atoms with Gasteiger partial charge in [-0.3, -0.25) is 4.79 Å². The first-order chi connectivity index (χ1) is 13.2. The molecule has 0 saturated carbocycles. The Kier molecular flexibility index (Phi) is 5.19. The highest BCUT2D eigenvalue weighted by atomic mass is 16.5. The van der Waals surface area contributed by atoms with Crippen LogP contribution in [0.1, 0.15) is 34.3 Å². The maximum absolute atomic E-state index is 13.0. The van der Waals surface area contributed by atoms with Crippen LogP contribution in [0.3, 0.4) is 0 Å². The number of morpholine rings is 1. The molecular formula is C22H22N2O3. The minimum atomic E-state index is -0.0138. The second kappa shape index (κ2) is 7.91. The maximum atomic E-state index is 13.0. The highest BCUT2D eigenvalue weighted by molar-refractivity contribution is 5.98. The number of hydrogen-bond donors (Lipinski definition) is 1. The molecule has 0 aromatic heterocycles. The molecule has 4 rings (SSSR count). The van der Waals surface area contributed by atoms with E-state index in [2.05, 4.69) is 11.4 Å². The lowest BCUT2D eigenvalue weighted by Gasteiger charge is -2.39. The summed E-state index contributed by atoms with van der Waals surface area (Å²) in [6, 6.07) is 17.6. The molecule has 2 heterocycles. The summed E-state index contributed by atoms with van der Waals surface area (Å²) >= 11 is 0. The SMILES string of the molecule is N#Cc1ccc(C(=O)C2CC3COCC(C2)N3)cc1OCc1ccccc1. The Balaban J connectivity index is 1.51. The van der Waals surface area contributed by atoms with Crippen LogP contribution in [-0.4, -0.2) is 31.1 Å². The van der Waals surface area contributed by atoms with E-state index in [4.69, 9.17) is 9.47 Å². The van der Waals surface area contributed by atoms with Crippen molar-refractivity contribution in [3.05, 3.63) is 65.2 Å². The number of piperidine rings is 1. The molecule has 2 saturated heterocycles. The smallest absolute Gasteiger partial charge is 0.166 e. The Labute approximate surface area is 158 Å². The molecule has 2 atom stereocenters. The molecule has 2 aliphatic heterocycles. The molecule has 5 nitrogen and oxygen atoms in total. The van der Waals surface area contributed by atoms with Gasteiger partial charge in [-0.2, -0.15) is 5.26 Å². The first-order valence-corrected chi connectivity index (χ1v) is 9.32. The van der Waals surface area contributed by atoms with Gasteiger partial charge >= 0.3 is 0 Å². The van der Waals surface area contributed by atoms with Crippen molar-refractivity contribution >= 4 is 5.78 Å². The van der Waals surface area contributed by atoms with Gasteiger partial charge in [0.2, 0.25) is 0 Å². The van der Waals surface area contributed by atoms with Crippen LogP contribution in [0.2, 0.25) is 0 Å². The van der Waals surface area contributed by atoms with Crippen LogP contribution in [0.5, 0.6) is 5.75 Å². The van der Waals surface area contributed by atoms with Gasteiger partial charge in [0.05, 0.1) is 18.8 Å². The van der Waals surface area contributed by atoms with Crippen LogP contribution in [0.25, 0.3) is 0 Å². The number of Topliss-reactive ketones (excluding diaryl/α,β-unsaturated/α-hetero) is 1. The summed E-state index contributed by atoms with van der Waals surface area (Å²) in [6.07, 6.45) is 1.57. The molecule has 2 aromatic carbocycles. The Hall–Kier alpha value is -2.68. The molecule has 138 valence electrons. The molecule has 1 N–H and O–H groups in total. The number of fused-ring (bicyclic) bond motifs is 2. The van der Waals surface area contributed by atoms with Gasteiger partial charge in [-0.15, -0.1) is 0 Å². The number of nitrogens with zero attached hydrogens (tertiary/aromatic N) is 1. The summed E-state index contributed by atoms with van der Waals surface area (Å²) in [7, 11) is 0. The maximum Gasteiger partial charge on any atom is 0.166 e. The van der Waals surface area contributed by atoms with Crippen molar-refractivity contribution in [3.8, 4) is 11.8 Å². The molecular weight excluding hydrogens is 340 g/mol. The highest BCUT2D eigenvalue weighted by Gasteiger charge is 2.35. The molecule has 0 spiro atoms. The van der Waals surface area contributed by atoms with E-state index in [-0.39, 0.29) is 23.8 Å². The zero-order valence-electron chi connectivity index (χ0n) is 15.1. The Bertz CT molecular complexity index is 848. The first kappa shape index (κ1) is 17.7. The van der Waals surface area contributed by atoms with Crippen LogP contribution in [0.4, 0.5) is 0 Å². The van der Waals surface area contributed by atoms with Crippen molar-refractivity contribution in [1.29, 1.82) is 5.26 Å². The summed E-state index contributed by atoms with van der Waals surface area (Å²) in [4.78, 5) is 13.0. The second-order valence-electron chi connectivity index (χ2n) is 7.23. The van der Waals surface area contributed by atoms with Crippen LogP contribution in [-0.2, 0) is 11.3 Å². The van der Waals surface area contributed by atoms with Crippen LogP contribution in [0.15, 0.2) is 48.5 Å². The third-order valence-corrected chi connectivity index (χ3v) is 5.24. The fourth-order valence-electron chi connectivity index (χ4n) is 3.91. The summed E-state index contributed by atoms with van der Waals surface area (Å²) in [5, 5.41) is 12.9. The molecule has 27 heavy (non-hydrogen) atoms. The molecule has 0 amide bonds. The average molecular weight is 362 g/mol. The standard InChI is InChI=1S/C22H22N2O3/c23-11-17-7-6-16(10-21(17)27-12-15-4-2-1-3-5-15)22(25)18-8-19-13-26-14-20(9-18)24-19/h1-7,10,18-20,24H,8-9,12-14H2. The van der Waals surface area contributed by atoms with Crippen LogP contribution < -0.4 is 10.1 Å². The molecule has 5 heteroatoms. The Morgan fingerprint density at radius 1 is 1.15 bits per heavy atom. The van der Waals surface area contributed by atoms with Gasteiger partial charge in [-0.1, -0.05) is 30.3 Å². The lowest BCUT2D eigenvalue weighted by molar-refractivity contribution is 0.00952. The van der Waals surface area contributed by atoms with Gasteiger partial charge in [0.15, 0.2) is 5.78 Å². The van der Waals surface area contributed by atoms with E-state index < -0.39 is 0 Å². The minimum Gasteiger partial charge on any atom is -0.487 e. The summed E-state index contributed by atoms with van der Waals surface area (Å²) in [5.41, 5.74) is 2.07. The normalized spacial score (nSPS) is 24.0. The quantitative estimate of drug-likeness (QED) is 0.828. The summed E-state index contributed by atoms with van der Waals surface area (Å²) < 4.78 is 11.4. The largest absolute Gasteiger partial charge is 0.487 e. The van der Waals surface area contributed by atoms with Gasteiger partial charge in [-0.25, -0.2) is 0 Å². The Morgan fingerprint density at radius 2 is 1.89 bits per heavy atom. The van der Waals surface area contributed by atoms with Crippen LogP contribution in [0, 0.1) is 17.2 Å². The summed E-state index contributed by atoms with van der Waals surface area (Å²) in [6.45, 7) is 1.69. The number of nitrogens with one attached hydrogen (secondary N) is 1. The van der Waals surface area contributed by atoms with E-state index >= 15 is 0 Å². The number of ether oxygens (including phenoxy) is 2. The molecule has 2 aliphatic rings. The third kappa shape index (κ3) is 4.02. The van der Waals surface area contributed by atoms with Gasteiger partial charge < -0.3 is 14.8 Å². The molecule has 2 bridgehead atoms. The number of hydrogen-bond acceptors (Lipinski definition) is 5. The number of carbonyl (C=O) groups is 1. The molecule has 0 aliphatic carbocycles. The minimum absolute atomic E-state index is 0.0138. The monoisotopic (exact) mass is 362 g/mol. The molecule has 0 radical (unpaired) electrons. The van der Waals surface area contributed by atoms with E-state index in [1.807, 2.05) is 30.3 Å². The predicted molar refractivity (Wildman–Crippen MR) is 101 cm³/mol. The van der Waals surface area contributed by atoms with E-state index in [0.29, 0.717) is 36.7 Å². The number of rotatable bonds is 5. The van der Waals surface area contributed by atoms with Crippen molar-refractivity contribution in [2.75, 3.05) is 13.2 Å². The fraction of sp³-hybridized carbons (Fsp3) is 0.364. The van der Waals surface area contributed by atoms with Crippen molar-refractivity contribution in [3.63, 3.8) is 0 Å². The lowest BCUT2D eigenvalue weighted by atomic mass is 9.82. The van der Waals surface area contributed by atoms with Crippen molar-refractivity contribution in [1.82, 2.24) is 5.32 Å². The van der Waals surface area contributed by atoms with Crippen molar-refractivity contribution in [2.45, 2.75) is 31.5 Å². The molecule has 2 fully saturated rings. The van der Waals surface area contributed by atoms with Gasteiger partial charge in [-0.05, 0) is 36.6 Å². The average Bonchev–Trinajstić information content (AvgIpc) is 2.72. The predicted octanol–water partition coefficient (Wildman–Crippen LogP) is 3.09. The Morgan fingerprint density at radius 3 is 2.59 bits per heavy atom. The highest BCUT2D eigenvalue weighted by Crippen LogP contribution is 2.29. The molecule has 2 aromatic rings. The topological polar surface area (TPSA) is 71.4 Å². The number of nitriles is 1.